The summed E-state index contributed by atoms with van der Waals surface area (Å²) in [4.78, 5) is 8.54. The lowest BCUT2D eigenvalue weighted by molar-refractivity contribution is 0.317. The van der Waals surface area contributed by atoms with Gasteiger partial charge >= 0.3 is 0 Å². The Bertz CT molecular complexity index is 308. The van der Waals surface area contributed by atoms with E-state index in [1.54, 1.807) is 6.20 Å². The van der Waals surface area contributed by atoms with Crippen molar-refractivity contribution in [1.82, 2.24) is 4.98 Å². The molecule has 0 saturated heterocycles. The van der Waals surface area contributed by atoms with Crippen molar-refractivity contribution >= 4 is 5.90 Å². The van der Waals surface area contributed by atoms with Crippen LogP contribution in [0.2, 0.25) is 0 Å². The van der Waals surface area contributed by atoms with Gasteiger partial charge in [-0.1, -0.05) is 6.07 Å². The first-order valence-corrected chi connectivity index (χ1v) is 4.44. The Morgan fingerprint density at radius 3 is 3.08 bits per heavy atom. The van der Waals surface area contributed by atoms with Gasteiger partial charge in [-0.25, -0.2) is 4.99 Å². The highest BCUT2D eigenvalue weighted by molar-refractivity contribution is 5.79. The van der Waals surface area contributed by atoms with Gasteiger partial charge in [0.2, 0.25) is 0 Å². The standard InChI is InChI=1S/C10H12N2O/c1-8-7-13-10(12-8)6-9-4-2-3-5-11-9/h2-5,8H,6-7H2,1H3/t8-/m0/s1. The van der Waals surface area contributed by atoms with Crippen LogP contribution >= 0.6 is 0 Å². The van der Waals surface area contributed by atoms with Gasteiger partial charge in [-0.2, -0.15) is 0 Å². The Hall–Kier alpha value is -1.38. The molecule has 0 unspecified atom stereocenters. The van der Waals surface area contributed by atoms with Gasteiger partial charge in [-0.15, -0.1) is 0 Å². The SMILES string of the molecule is C[C@H]1COC(Cc2ccccn2)=N1. The van der Waals surface area contributed by atoms with Crippen LogP contribution < -0.4 is 0 Å². The van der Waals surface area contributed by atoms with E-state index in [1.807, 2.05) is 25.1 Å². The highest BCUT2D eigenvalue weighted by Gasteiger charge is 2.14. The second-order valence-corrected chi connectivity index (χ2v) is 3.18. The monoisotopic (exact) mass is 176 g/mol. The summed E-state index contributed by atoms with van der Waals surface area (Å²) in [7, 11) is 0. The Morgan fingerprint density at radius 1 is 1.54 bits per heavy atom. The molecule has 0 radical (unpaired) electrons. The molecule has 2 rings (SSSR count). The molecule has 1 atom stereocenters. The first kappa shape index (κ1) is 8.23. The van der Waals surface area contributed by atoms with E-state index < -0.39 is 0 Å². The highest BCUT2D eigenvalue weighted by Crippen LogP contribution is 2.07. The molecule has 1 aromatic rings. The average Bonchev–Trinajstić information content (AvgIpc) is 2.53. The lowest BCUT2D eigenvalue weighted by Gasteiger charge is -1.99. The zero-order valence-electron chi connectivity index (χ0n) is 7.60. The number of pyridine rings is 1. The molecule has 0 aliphatic carbocycles. The van der Waals surface area contributed by atoms with Gasteiger partial charge in [0, 0.05) is 11.9 Å². The predicted molar refractivity (Wildman–Crippen MR) is 50.8 cm³/mol. The summed E-state index contributed by atoms with van der Waals surface area (Å²) in [6.45, 7) is 2.76. The van der Waals surface area contributed by atoms with Crippen LogP contribution in [0, 0.1) is 0 Å². The predicted octanol–water partition coefficient (Wildman–Crippen LogP) is 1.44. The van der Waals surface area contributed by atoms with Crippen LogP contribution in [-0.2, 0) is 11.2 Å². The highest BCUT2D eigenvalue weighted by atomic mass is 16.5. The van der Waals surface area contributed by atoms with E-state index in [4.69, 9.17) is 4.74 Å². The number of aliphatic imine (C=N–C) groups is 1. The van der Waals surface area contributed by atoms with Gasteiger partial charge in [0.1, 0.15) is 6.61 Å². The van der Waals surface area contributed by atoms with E-state index in [0.29, 0.717) is 19.1 Å². The first-order chi connectivity index (χ1) is 6.34. The number of hydrogen-bond donors (Lipinski definition) is 0. The maximum Gasteiger partial charge on any atom is 0.189 e. The number of rotatable bonds is 2. The van der Waals surface area contributed by atoms with Gasteiger partial charge in [-0.05, 0) is 19.1 Å². The molecule has 3 nitrogen and oxygen atoms in total. The molecule has 0 fully saturated rings. The van der Waals surface area contributed by atoms with Crippen LogP contribution in [-0.4, -0.2) is 23.5 Å². The van der Waals surface area contributed by atoms with Crippen molar-refractivity contribution in [2.45, 2.75) is 19.4 Å². The van der Waals surface area contributed by atoms with Gasteiger partial charge in [-0.3, -0.25) is 4.98 Å². The van der Waals surface area contributed by atoms with Gasteiger partial charge in [0.25, 0.3) is 0 Å². The first-order valence-electron chi connectivity index (χ1n) is 4.44. The van der Waals surface area contributed by atoms with E-state index >= 15 is 0 Å². The average molecular weight is 176 g/mol. The third kappa shape index (κ3) is 2.05. The normalized spacial score (nSPS) is 21.0. The molecule has 0 bridgehead atoms. The van der Waals surface area contributed by atoms with Crippen molar-refractivity contribution in [3.63, 3.8) is 0 Å². The molecule has 1 aliphatic heterocycles. The summed E-state index contributed by atoms with van der Waals surface area (Å²) in [6, 6.07) is 6.17. The summed E-state index contributed by atoms with van der Waals surface area (Å²) >= 11 is 0. The van der Waals surface area contributed by atoms with Crippen molar-refractivity contribution in [1.29, 1.82) is 0 Å². The topological polar surface area (TPSA) is 34.5 Å². The zero-order valence-corrected chi connectivity index (χ0v) is 7.60. The van der Waals surface area contributed by atoms with E-state index in [9.17, 15) is 0 Å². The minimum absolute atomic E-state index is 0.304. The van der Waals surface area contributed by atoms with E-state index in [1.165, 1.54) is 0 Å². The Labute approximate surface area is 77.5 Å². The van der Waals surface area contributed by atoms with Crippen LogP contribution in [0.4, 0.5) is 0 Å². The zero-order chi connectivity index (χ0) is 9.10. The molecule has 2 heterocycles. The third-order valence-electron chi connectivity index (χ3n) is 1.91. The molecule has 0 spiro atoms. The van der Waals surface area contributed by atoms with Crippen LogP contribution in [0.15, 0.2) is 29.4 Å². The van der Waals surface area contributed by atoms with Gasteiger partial charge in [0.05, 0.1) is 12.5 Å². The van der Waals surface area contributed by atoms with E-state index in [2.05, 4.69) is 9.98 Å². The minimum atomic E-state index is 0.304. The van der Waals surface area contributed by atoms with Crippen LogP contribution in [0.25, 0.3) is 0 Å². The fourth-order valence-electron chi connectivity index (χ4n) is 1.29. The minimum Gasteiger partial charge on any atom is -0.478 e. The molecule has 0 N–H and O–H groups in total. The fourth-order valence-corrected chi connectivity index (χ4v) is 1.29. The molecule has 1 aromatic heterocycles. The smallest absolute Gasteiger partial charge is 0.189 e. The van der Waals surface area contributed by atoms with E-state index in [0.717, 1.165) is 11.6 Å². The van der Waals surface area contributed by atoms with E-state index in [-0.39, 0.29) is 0 Å². The lowest BCUT2D eigenvalue weighted by Crippen LogP contribution is -2.04. The van der Waals surface area contributed by atoms with Crippen molar-refractivity contribution in [2.75, 3.05) is 6.61 Å². The van der Waals surface area contributed by atoms with Crippen LogP contribution in [0.5, 0.6) is 0 Å². The molecular formula is C10H12N2O. The maximum absolute atomic E-state index is 5.38. The molecule has 0 aromatic carbocycles. The molecule has 0 saturated carbocycles. The Kier molecular flexibility index (Phi) is 2.25. The Morgan fingerprint density at radius 2 is 2.46 bits per heavy atom. The van der Waals surface area contributed by atoms with Gasteiger partial charge < -0.3 is 4.74 Å². The molecule has 3 heteroatoms. The van der Waals surface area contributed by atoms with Crippen molar-refractivity contribution in [3.8, 4) is 0 Å². The second-order valence-electron chi connectivity index (χ2n) is 3.18. The van der Waals surface area contributed by atoms with Gasteiger partial charge in [0.15, 0.2) is 5.90 Å². The number of ether oxygens (including phenoxy) is 1. The van der Waals surface area contributed by atoms with Crippen LogP contribution in [0.3, 0.4) is 0 Å². The van der Waals surface area contributed by atoms with Crippen molar-refractivity contribution in [2.24, 2.45) is 4.99 Å². The fraction of sp³-hybridized carbons (Fsp3) is 0.400. The summed E-state index contributed by atoms with van der Waals surface area (Å²) in [5.74, 6) is 0.811. The summed E-state index contributed by atoms with van der Waals surface area (Å²) in [5, 5.41) is 0. The summed E-state index contributed by atoms with van der Waals surface area (Å²) in [6.07, 6.45) is 2.50. The molecular weight excluding hydrogens is 164 g/mol. The largest absolute Gasteiger partial charge is 0.478 e. The molecule has 13 heavy (non-hydrogen) atoms. The maximum atomic E-state index is 5.38. The van der Waals surface area contributed by atoms with Crippen molar-refractivity contribution in [3.05, 3.63) is 30.1 Å². The number of aromatic nitrogens is 1. The quantitative estimate of drug-likeness (QED) is 0.683. The molecule has 0 amide bonds. The summed E-state index contributed by atoms with van der Waals surface area (Å²) < 4.78 is 5.38. The molecule has 68 valence electrons. The summed E-state index contributed by atoms with van der Waals surface area (Å²) in [5.41, 5.74) is 1.01. The third-order valence-corrected chi connectivity index (χ3v) is 1.91. The Balaban J connectivity index is 2.03. The second kappa shape index (κ2) is 3.56. The van der Waals surface area contributed by atoms with Crippen LogP contribution in [0.1, 0.15) is 12.6 Å². The molecule has 1 aliphatic rings. The lowest BCUT2D eigenvalue weighted by atomic mass is 10.3. The number of nitrogens with zero attached hydrogens (tertiary/aromatic N) is 2. The van der Waals surface area contributed by atoms with Crippen molar-refractivity contribution < 1.29 is 4.74 Å². The number of hydrogen-bond acceptors (Lipinski definition) is 3.